The number of thiol groups is 2. The van der Waals surface area contributed by atoms with Crippen LogP contribution in [0.15, 0.2) is 97.7 Å². The molecule has 0 bridgehead atoms. The van der Waals surface area contributed by atoms with Crippen molar-refractivity contribution >= 4 is 163 Å². The van der Waals surface area contributed by atoms with Gasteiger partial charge in [0.2, 0.25) is 29.7 Å². The van der Waals surface area contributed by atoms with Gasteiger partial charge in [0, 0.05) is 163 Å². The fourth-order valence-electron chi connectivity index (χ4n) is 15.5. The molecule has 10 heterocycles. The molecule has 5 saturated carbocycles. The molecule has 10 aromatic rings. The van der Waals surface area contributed by atoms with Crippen LogP contribution in [0, 0.1) is 5.92 Å². The molecule has 48 heteroatoms. The van der Waals surface area contributed by atoms with Gasteiger partial charge in [0.25, 0.3) is 0 Å². The number of aliphatic hydroxyl groups is 4. The minimum atomic E-state index is -4.21. The first-order valence-electron chi connectivity index (χ1n) is 42.8. The SMILES string of the molecule is CC(C)C.CC1(O)CCC(n2cc(Br)c3cnc(NCCC(F)(F)F)nc32)CC1.CC1(O)CCC(n2cc(Br)c3cnc(NCCC(F)(F)F)nc32)CC1.CC1(O)CCC(n2ccc3cnc(NCCC(F)(F)F)nc32)CC1.CC1(O)CCC(n2ccc3cnc(NCCC(F)(F)F)nc32)CC1.O=C1CCC(n2ccc3cnc(NCCC(F)(F)F)nc32)CC1.[B]=NS.[B]=NS. The standard InChI is InChI=1S/2C16H20BrF3N4O.2C16H21F3N4O.C15H17F3N4O.C4H10.2BHNS/c2*1-15(25)4-2-10(3-5-15)24-9-12(17)11-8-22-14(23-13(11)24)21-7-6-16(18,19)20;2*1-15(24)5-2-12(3-6-15)23-9-4-11-10-21-14(22-13(11)23)20-8-7-16(17,18)19;16-15(17,18)6-7-19-14-20-9-10-5-8-22(13(10)21-14)11-1-3-12(23)4-2-11;1-4(2)3;2*1-2-3/h2*8-10,25H,2-7H2,1H3,(H,21,22,23);2*4,9-10,12,24H,2-3,5-8H2,1H3,(H,20,21,22);5,8-9,11H,1-4,6-7H2,(H,19,20,21);4H,1-3H3;2*3H. The van der Waals surface area contributed by atoms with E-state index < -0.39 is 85.4 Å². The number of ketones is 1. The first-order chi connectivity index (χ1) is 61.2. The fourth-order valence-corrected chi connectivity index (χ4v) is 16.5. The van der Waals surface area contributed by atoms with Crippen molar-refractivity contribution < 1.29 is 91.1 Å². The maximum atomic E-state index is 12.3. The topological polar surface area (TPSA) is 336 Å². The van der Waals surface area contributed by atoms with Crippen molar-refractivity contribution in [3.05, 3.63) is 89.1 Å². The molecule has 5 fully saturated rings. The van der Waals surface area contributed by atoms with E-state index in [4.69, 9.17) is 0 Å². The van der Waals surface area contributed by atoms with Crippen molar-refractivity contribution in [2.45, 2.75) is 292 Å². The Hall–Kier alpha value is -8.05. The van der Waals surface area contributed by atoms with Crippen LogP contribution in [-0.2, 0) is 4.79 Å². The van der Waals surface area contributed by atoms with E-state index in [-0.39, 0.29) is 98.5 Å². The molecule has 0 saturated heterocycles. The minimum absolute atomic E-state index is 0.186. The molecule has 0 spiro atoms. The zero-order valence-corrected chi connectivity index (χ0v) is 78.4. The zero-order valence-electron chi connectivity index (χ0n) is 73.5. The van der Waals surface area contributed by atoms with Crippen LogP contribution in [-0.4, -0.2) is 200 Å². The number of carbonyl (C=O) groups is 1. The van der Waals surface area contributed by atoms with Gasteiger partial charge >= 0.3 is 80.4 Å². The molecule has 15 rings (SSSR count). The van der Waals surface area contributed by atoms with Crippen molar-refractivity contribution in [3.63, 3.8) is 0 Å². The Bertz CT molecular complexity index is 5000. The number of fused-ring (bicyclic) bond motifs is 5. The van der Waals surface area contributed by atoms with Crippen LogP contribution in [0.4, 0.5) is 95.6 Å². The second-order valence-corrected chi connectivity index (χ2v) is 37.0. The molecule has 5 aliphatic carbocycles. The summed E-state index contributed by atoms with van der Waals surface area (Å²) in [7, 11) is 8.67. The number of hydrogen-bond donors (Lipinski definition) is 11. The monoisotopic (exact) mass is 2020 g/mol. The number of anilines is 5. The van der Waals surface area contributed by atoms with Gasteiger partial charge in [-0.05, 0) is 199 Å². The van der Waals surface area contributed by atoms with Crippen LogP contribution >= 0.6 is 57.5 Å². The van der Waals surface area contributed by atoms with Gasteiger partial charge in [-0.25, -0.2) is 24.9 Å². The number of rotatable bonds is 20. The van der Waals surface area contributed by atoms with Gasteiger partial charge in [-0.1, -0.05) is 20.8 Å². The van der Waals surface area contributed by atoms with E-state index in [9.17, 15) is 91.1 Å². The van der Waals surface area contributed by atoms with Gasteiger partial charge < -0.3 is 69.8 Å². The fraction of sp³-hybridized carbons (Fsp3) is 0.627. The van der Waals surface area contributed by atoms with Crippen LogP contribution in [0.1, 0.15) is 239 Å². The number of halogens is 17. The number of aromatic nitrogens is 15. The summed E-state index contributed by atoms with van der Waals surface area (Å²) in [6.45, 7) is 12.6. The van der Waals surface area contributed by atoms with Crippen LogP contribution in [0.3, 0.4) is 0 Å². The molecular formula is C83H111B2Br2F15N22O5S2. The summed E-state index contributed by atoms with van der Waals surface area (Å²) in [5.41, 5.74) is 1.00. The summed E-state index contributed by atoms with van der Waals surface area (Å²) >= 11 is 13.4. The Morgan fingerprint density at radius 1 is 0.389 bits per heavy atom. The molecule has 27 nitrogen and oxygen atoms in total. The summed E-state index contributed by atoms with van der Waals surface area (Å²) in [6, 6.07) is 6.76. The number of nitrogens with one attached hydrogen (secondary N) is 5. The van der Waals surface area contributed by atoms with E-state index in [1.165, 1.54) is 0 Å². The Morgan fingerprint density at radius 3 is 0.809 bits per heavy atom. The summed E-state index contributed by atoms with van der Waals surface area (Å²) < 4.78 is 201. The number of Topliss-reactive ketones (excluding diaryl/α,β-unsaturated/α-hetero) is 1. The molecular weight excluding hydrogens is 1920 g/mol. The number of alkyl halides is 15. The zero-order chi connectivity index (χ0) is 96.7. The second kappa shape index (κ2) is 47.9. The molecule has 720 valence electrons. The average Bonchev–Trinajstić information content (AvgIpc) is 1.64. The third-order valence-electron chi connectivity index (χ3n) is 22.5. The first kappa shape index (κ1) is 108. The van der Waals surface area contributed by atoms with E-state index in [1.54, 1.807) is 31.0 Å². The molecule has 5 aliphatic rings. The van der Waals surface area contributed by atoms with Crippen molar-refractivity contribution in [1.82, 2.24) is 72.7 Å². The quantitative estimate of drug-likeness (QED) is 0.0192. The van der Waals surface area contributed by atoms with Gasteiger partial charge in [0.15, 0.2) is 0 Å². The summed E-state index contributed by atoms with van der Waals surface area (Å²) in [6.07, 6.45) is 7.07. The molecule has 131 heavy (non-hydrogen) atoms. The number of carbonyl (C=O) groups excluding carboxylic acids is 1. The molecule has 0 aromatic carbocycles. The molecule has 9 N–H and O–H groups in total. The molecule has 0 amide bonds. The van der Waals surface area contributed by atoms with Gasteiger partial charge in [-0.2, -0.15) is 90.8 Å². The predicted octanol–water partition coefficient (Wildman–Crippen LogP) is 21.7. The third-order valence-corrected chi connectivity index (χ3v) is 23.7. The third kappa shape index (κ3) is 35.9. The molecule has 0 aliphatic heterocycles. The van der Waals surface area contributed by atoms with Gasteiger partial charge in [0.05, 0.1) is 65.3 Å². The Kier molecular flexibility index (Phi) is 39.6. The summed E-state index contributed by atoms with van der Waals surface area (Å²) in [5.74, 6) is 2.08. The number of hydrogen-bond acceptors (Lipinski definition) is 24. The van der Waals surface area contributed by atoms with Crippen LogP contribution in [0.2, 0.25) is 0 Å². The van der Waals surface area contributed by atoms with E-state index in [0.717, 1.165) is 132 Å². The van der Waals surface area contributed by atoms with Crippen LogP contribution < -0.4 is 26.6 Å². The van der Waals surface area contributed by atoms with Crippen molar-refractivity contribution in [1.29, 1.82) is 0 Å². The van der Waals surface area contributed by atoms with Crippen molar-refractivity contribution in [2.75, 3.05) is 59.3 Å². The molecule has 0 unspecified atom stereocenters. The number of nitrogens with zero attached hydrogens (tertiary/aromatic N) is 17. The van der Waals surface area contributed by atoms with Crippen molar-refractivity contribution in [2.24, 2.45) is 14.5 Å². The van der Waals surface area contributed by atoms with E-state index >= 15 is 0 Å². The van der Waals surface area contributed by atoms with E-state index in [0.29, 0.717) is 66.8 Å². The van der Waals surface area contributed by atoms with E-state index in [2.05, 4.69) is 179 Å². The first-order valence-corrected chi connectivity index (χ1v) is 45.2. The maximum absolute atomic E-state index is 12.3. The normalized spacial score (nSPS) is 22.0. The average molecular weight is 2030 g/mol. The molecule has 2 radical (unpaired) electrons. The van der Waals surface area contributed by atoms with Crippen molar-refractivity contribution in [3.8, 4) is 0 Å². The summed E-state index contributed by atoms with van der Waals surface area (Å²) in [4.78, 5) is 53.6. The van der Waals surface area contributed by atoms with E-state index in [1.807, 2.05) is 99.7 Å². The Labute approximate surface area is 778 Å². The van der Waals surface area contributed by atoms with Crippen LogP contribution in [0.25, 0.3) is 55.2 Å². The van der Waals surface area contributed by atoms with Gasteiger partial charge in [0.1, 0.15) is 34.0 Å². The van der Waals surface area contributed by atoms with Gasteiger partial charge in [-0.15, -0.1) is 0 Å². The molecule has 10 aromatic heterocycles. The Balaban J connectivity index is 0.000000197. The predicted molar refractivity (Wildman–Crippen MR) is 489 cm³/mol. The second-order valence-electron chi connectivity index (χ2n) is 34.8. The Morgan fingerprint density at radius 2 is 0.588 bits per heavy atom. The molecule has 0 atom stereocenters. The van der Waals surface area contributed by atoms with Gasteiger partial charge in [-0.3, -0.25) is 4.79 Å². The summed E-state index contributed by atoms with van der Waals surface area (Å²) in [5, 5.41) is 57.7. The van der Waals surface area contributed by atoms with Crippen LogP contribution in [0.5, 0.6) is 0 Å².